The smallest absolute Gasteiger partial charge is 0.244 e. The second kappa shape index (κ2) is 6.80. The molecule has 1 aliphatic rings. The number of hydrogen-bond donors (Lipinski definition) is 1. The third-order valence-electron chi connectivity index (χ3n) is 4.14. The van der Waals surface area contributed by atoms with Crippen LogP contribution >= 0.6 is 15.9 Å². The number of rotatable bonds is 3. The molecule has 2 heterocycles. The number of fused-ring (bicyclic) bond motifs is 1. The maximum atomic E-state index is 12.6. The van der Waals surface area contributed by atoms with Gasteiger partial charge in [0.25, 0.3) is 0 Å². The monoisotopic (exact) mass is 377 g/mol. The summed E-state index contributed by atoms with van der Waals surface area (Å²) in [4.78, 5) is 25.3. The number of anilines is 1. The molecule has 0 bridgehead atoms. The Morgan fingerprint density at radius 1 is 1.26 bits per heavy atom. The lowest BCUT2D eigenvalue weighted by atomic mass is 10.2. The fourth-order valence-corrected chi connectivity index (χ4v) is 3.07. The molecular weight excluding hydrogens is 358 g/mol. The van der Waals surface area contributed by atoms with Gasteiger partial charge in [0.05, 0.1) is 5.52 Å². The van der Waals surface area contributed by atoms with Crippen LogP contribution in [0.4, 0.5) is 5.82 Å². The molecule has 1 atom stereocenters. The van der Waals surface area contributed by atoms with Gasteiger partial charge in [-0.25, -0.2) is 9.97 Å². The lowest BCUT2D eigenvalue weighted by molar-refractivity contribution is -0.133. The highest BCUT2D eigenvalue weighted by Crippen LogP contribution is 2.24. The van der Waals surface area contributed by atoms with Crippen molar-refractivity contribution < 1.29 is 4.79 Å². The molecule has 1 amide bonds. The molecule has 1 aromatic carbocycles. The SMILES string of the molecule is CC(Nc1ncnc2ccc(Br)cc12)C(=O)N1CCN(C)CC1. The van der Waals surface area contributed by atoms with Gasteiger partial charge < -0.3 is 15.1 Å². The highest BCUT2D eigenvalue weighted by molar-refractivity contribution is 9.10. The van der Waals surface area contributed by atoms with Gasteiger partial charge in [-0.2, -0.15) is 0 Å². The normalized spacial score (nSPS) is 17.3. The first-order chi connectivity index (χ1) is 11.0. The van der Waals surface area contributed by atoms with Crippen molar-refractivity contribution in [2.75, 3.05) is 38.5 Å². The Bertz CT molecular complexity index is 715. The van der Waals surface area contributed by atoms with Gasteiger partial charge in [0.15, 0.2) is 0 Å². The minimum atomic E-state index is -0.324. The summed E-state index contributed by atoms with van der Waals surface area (Å²) in [6.07, 6.45) is 1.52. The lowest BCUT2D eigenvalue weighted by Gasteiger charge is -2.34. The predicted octanol–water partition coefficient (Wildman–Crippen LogP) is 1.97. The van der Waals surface area contributed by atoms with E-state index in [-0.39, 0.29) is 11.9 Å². The topological polar surface area (TPSA) is 61.4 Å². The van der Waals surface area contributed by atoms with E-state index in [1.165, 1.54) is 6.33 Å². The van der Waals surface area contributed by atoms with E-state index in [2.05, 4.69) is 43.2 Å². The Morgan fingerprint density at radius 2 is 2.00 bits per heavy atom. The molecule has 1 aromatic heterocycles. The van der Waals surface area contributed by atoms with Crippen molar-refractivity contribution in [3.8, 4) is 0 Å². The first kappa shape index (κ1) is 16.1. The lowest BCUT2D eigenvalue weighted by Crippen LogP contribution is -2.51. The van der Waals surface area contributed by atoms with Crippen molar-refractivity contribution in [1.82, 2.24) is 19.8 Å². The first-order valence-electron chi connectivity index (χ1n) is 7.69. The maximum Gasteiger partial charge on any atom is 0.244 e. The fourth-order valence-electron chi connectivity index (χ4n) is 2.71. The number of amides is 1. The van der Waals surface area contributed by atoms with E-state index < -0.39 is 0 Å². The molecule has 3 rings (SSSR count). The van der Waals surface area contributed by atoms with Crippen LogP contribution in [0.25, 0.3) is 10.9 Å². The Balaban J connectivity index is 1.76. The molecule has 1 aliphatic heterocycles. The molecule has 0 saturated carbocycles. The van der Waals surface area contributed by atoms with Crippen LogP contribution in [0, 0.1) is 0 Å². The van der Waals surface area contributed by atoms with Gasteiger partial charge in [0.1, 0.15) is 18.2 Å². The average molecular weight is 378 g/mol. The number of nitrogens with zero attached hydrogens (tertiary/aromatic N) is 4. The molecule has 0 radical (unpaired) electrons. The number of nitrogens with one attached hydrogen (secondary N) is 1. The second-order valence-electron chi connectivity index (χ2n) is 5.88. The van der Waals surface area contributed by atoms with E-state index in [1.807, 2.05) is 30.0 Å². The van der Waals surface area contributed by atoms with Crippen LogP contribution in [0.2, 0.25) is 0 Å². The molecule has 23 heavy (non-hydrogen) atoms. The summed E-state index contributed by atoms with van der Waals surface area (Å²) in [6, 6.07) is 5.51. The molecule has 0 aliphatic carbocycles. The number of carbonyl (C=O) groups is 1. The van der Waals surface area contributed by atoms with E-state index in [4.69, 9.17) is 0 Å². The molecule has 7 heteroatoms. The number of aromatic nitrogens is 2. The van der Waals surface area contributed by atoms with Crippen molar-refractivity contribution in [1.29, 1.82) is 0 Å². The highest BCUT2D eigenvalue weighted by atomic mass is 79.9. The Morgan fingerprint density at radius 3 is 2.74 bits per heavy atom. The summed E-state index contributed by atoms with van der Waals surface area (Å²) in [7, 11) is 2.08. The van der Waals surface area contributed by atoms with Gasteiger partial charge in [-0.1, -0.05) is 15.9 Å². The summed E-state index contributed by atoms with van der Waals surface area (Å²) in [6.45, 7) is 5.27. The second-order valence-corrected chi connectivity index (χ2v) is 6.79. The average Bonchev–Trinajstić information content (AvgIpc) is 2.55. The van der Waals surface area contributed by atoms with Crippen LogP contribution in [0.3, 0.4) is 0 Å². The van der Waals surface area contributed by atoms with Gasteiger partial charge in [-0.15, -0.1) is 0 Å². The van der Waals surface area contributed by atoms with Crippen molar-refractivity contribution >= 4 is 38.6 Å². The quantitative estimate of drug-likeness (QED) is 0.885. The van der Waals surface area contributed by atoms with E-state index in [1.54, 1.807) is 0 Å². The number of likely N-dealkylation sites (N-methyl/N-ethyl adjacent to an activating group) is 1. The van der Waals surface area contributed by atoms with E-state index in [0.29, 0.717) is 5.82 Å². The van der Waals surface area contributed by atoms with Crippen molar-refractivity contribution in [3.63, 3.8) is 0 Å². The van der Waals surface area contributed by atoms with Crippen molar-refractivity contribution in [2.24, 2.45) is 0 Å². The van der Waals surface area contributed by atoms with Crippen LogP contribution in [0.5, 0.6) is 0 Å². The van der Waals surface area contributed by atoms with Gasteiger partial charge in [0, 0.05) is 36.0 Å². The van der Waals surface area contributed by atoms with Gasteiger partial charge in [0.2, 0.25) is 5.91 Å². The number of hydrogen-bond acceptors (Lipinski definition) is 5. The Labute approximate surface area is 144 Å². The zero-order valence-corrected chi connectivity index (χ0v) is 14.9. The minimum Gasteiger partial charge on any atom is -0.358 e. The minimum absolute atomic E-state index is 0.111. The van der Waals surface area contributed by atoms with Crippen LogP contribution in [-0.2, 0) is 4.79 Å². The Hall–Kier alpha value is -1.73. The van der Waals surface area contributed by atoms with Crippen LogP contribution < -0.4 is 5.32 Å². The van der Waals surface area contributed by atoms with E-state index in [9.17, 15) is 4.79 Å². The number of carbonyl (C=O) groups excluding carboxylic acids is 1. The van der Waals surface area contributed by atoms with Gasteiger partial charge in [-0.3, -0.25) is 4.79 Å². The zero-order chi connectivity index (χ0) is 16.4. The summed E-state index contributed by atoms with van der Waals surface area (Å²) in [5.41, 5.74) is 0.852. The Kier molecular flexibility index (Phi) is 4.77. The van der Waals surface area contributed by atoms with Crippen molar-refractivity contribution in [2.45, 2.75) is 13.0 Å². The molecule has 0 spiro atoms. The molecule has 1 saturated heterocycles. The van der Waals surface area contributed by atoms with Gasteiger partial charge >= 0.3 is 0 Å². The third-order valence-corrected chi connectivity index (χ3v) is 4.63. The van der Waals surface area contributed by atoms with E-state index >= 15 is 0 Å². The van der Waals surface area contributed by atoms with Crippen LogP contribution in [0.1, 0.15) is 6.92 Å². The number of halogens is 1. The summed E-state index contributed by atoms with van der Waals surface area (Å²) in [5.74, 6) is 0.797. The summed E-state index contributed by atoms with van der Waals surface area (Å²) < 4.78 is 0.959. The van der Waals surface area contributed by atoms with E-state index in [0.717, 1.165) is 41.6 Å². The standard InChI is InChI=1S/C16H20BrN5O/c1-11(16(23)22-7-5-21(2)6-8-22)20-15-13-9-12(17)3-4-14(13)18-10-19-15/h3-4,9-11H,5-8H2,1-2H3,(H,18,19,20). The molecule has 122 valence electrons. The largest absolute Gasteiger partial charge is 0.358 e. The van der Waals surface area contributed by atoms with Crippen LogP contribution in [-0.4, -0.2) is 64.9 Å². The van der Waals surface area contributed by atoms with Crippen molar-refractivity contribution in [3.05, 3.63) is 29.0 Å². The highest BCUT2D eigenvalue weighted by Gasteiger charge is 2.24. The summed E-state index contributed by atoms with van der Waals surface area (Å²) in [5, 5.41) is 4.15. The molecule has 2 aromatic rings. The van der Waals surface area contributed by atoms with Crippen LogP contribution in [0.15, 0.2) is 29.0 Å². The molecular formula is C16H20BrN5O. The molecule has 1 unspecified atom stereocenters. The maximum absolute atomic E-state index is 12.6. The number of benzene rings is 1. The molecule has 1 N–H and O–H groups in total. The fraction of sp³-hybridized carbons (Fsp3) is 0.438. The summed E-state index contributed by atoms with van der Waals surface area (Å²) >= 11 is 3.47. The first-order valence-corrected chi connectivity index (χ1v) is 8.48. The molecule has 6 nitrogen and oxygen atoms in total. The zero-order valence-electron chi connectivity index (χ0n) is 13.3. The van der Waals surface area contributed by atoms with Gasteiger partial charge in [-0.05, 0) is 32.2 Å². The number of piperazine rings is 1. The molecule has 1 fully saturated rings. The predicted molar refractivity (Wildman–Crippen MR) is 94.4 cm³/mol. The third kappa shape index (κ3) is 3.61.